The molecule has 21 heavy (non-hydrogen) atoms. The highest BCUT2D eigenvalue weighted by Crippen LogP contribution is 2.28. The lowest BCUT2D eigenvalue weighted by Crippen LogP contribution is -2.27. The fourth-order valence-electron chi connectivity index (χ4n) is 1.73. The molecule has 0 saturated heterocycles. The van der Waals surface area contributed by atoms with Crippen molar-refractivity contribution < 1.29 is 9.90 Å². The molecule has 1 atom stereocenters. The first-order chi connectivity index (χ1) is 10.2. The smallest absolute Gasteiger partial charge is 0.254 e. The number of amides is 1. The van der Waals surface area contributed by atoms with Gasteiger partial charge in [0.05, 0.1) is 11.7 Å². The Morgan fingerprint density at radius 1 is 1.29 bits per heavy atom. The number of aromatic nitrogens is 1. The zero-order chi connectivity index (χ0) is 15.1. The van der Waals surface area contributed by atoms with Crippen molar-refractivity contribution in [1.82, 2.24) is 10.3 Å². The molecule has 110 valence electrons. The number of benzene rings is 1. The van der Waals surface area contributed by atoms with Gasteiger partial charge >= 0.3 is 0 Å². The summed E-state index contributed by atoms with van der Waals surface area (Å²) in [5, 5.41) is 12.7. The molecular weight excluding hydrogens is 284 g/mol. The number of rotatable bonds is 6. The first-order valence-corrected chi connectivity index (χ1v) is 7.62. The van der Waals surface area contributed by atoms with Crippen molar-refractivity contribution in [1.29, 1.82) is 0 Å². The van der Waals surface area contributed by atoms with Crippen molar-refractivity contribution in [2.45, 2.75) is 29.4 Å². The Labute approximate surface area is 128 Å². The number of aliphatic hydroxyl groups is 1. The van der Waals surface area contributed by atoms with E-state index in [1.807, 2.05) is 30.3 Å². The van der Waals surface area contributed by atoms with Gasteiger partial charge in [0, 0.05) is 17.6 Å². The molecule has 0 bridgehead atoms. The van der Waals surface area contributed by atoms with Crippen LogP contribution in [-0.4, -0.2) is 28.6 Å². The Morgan fingerprint density at radius 2 is 2.05 bits per heavy atom. The topological polar surface area (TPSA) is 62.2 Å². The van der Waals surface area contributed by atoms with E-state index in [0.717, 1.165) is 4.90 Å². The van der Waals surface area contributed by atoms with Crippen molar-refractivity contribution in [2.75, 3.05) is 6.54 Å². The van der Waals surface area contributed by atoms with Crippen LogP contribution in [0.5, 0.6) is 0 Å². The third-order valence-electron chi connectivity index (χ3n) is 2.82. The van der Waals surface area contributed by atoms with Gasteiger partial charge in [-0.3, -0.25) is 4.79 Å². The summed E-state index contributed by atoms with van der Waals surface area (Å²) in [7, 11) is 0. The van der Waals surface area contributed by atoms with Crippen LogP contribution < -0.4 is 5.32 Å². The molecule has 1 aromatic carbocycles. The van der Waals surface area contributed by atoms with Gasteiger partial charge < -0.3 is 10.4 Å². The van der Waals surface area contributed by atoms with Gasteiger partial charge in [0.1, 0.15) is 5.03 Å². The lowest BCUT2D eigenvalue weighted by atomic mass is 10.2. The van der Waals surface area contributed by atoms with Crippen LogP contribution in [0.2, 0.25) is 0 Å². The van der Waals surface area contributed by atoms with E-state index in [-0.39, 0.29) is 5.91 Å². The zero-order valence-electron chi connectivity index (χ0n) is 11.8. The Balaban J connectivity index is 2.07. The van der Waals surface area contributed by atoms with Crippen molar-refractivity contribution in [3.8, 4) is 0 Å². The van der Waals surface area contributed by atoms with Crippen LogP contribution in [0, 0.1) is 0 Å². The first-order valence-electron chi connectivity index (χ1n) is 6.81. The van der Waals surface area contributed by atoms with Gasteiger partial charge in [0.15, 0.2) is 0 Å². The Hall–Kier alpha value is -1.85. The highest BCUT2D eigenvalue weighted by atomic mass is 32.2. The van der Waals surface area contributed by atoms with Crippen molar-refractivity contribution >= 4 is 17.7 Å². The first kappa shape index (κ1) is 15.5. The predicted octanol–water partition coefficient (Wildman–Crippen LogP) is 2.73. The summed E-state index contributed by atoms with van der Waals surface area (Å²) in [4.78, 5) is 17.5. The standard InChI is InChI=1S/C16H18N2O2S/c1-12(19)9-11-17-15(20)14-8-5-10-18-16(14)21-13-6-3-2-4-7-13/h2-8,10,12,19H,9,11H2,1H3,(H,17,20). The quantitative estimate of drug-likeness (QED) is 0.861. The summed E-state index contributed by atoms with van der Waals surface area (Å²) in [6.45, 7) is 2.15. The molecule has 1 aromatic heterocycles. The second-order valence-corrected chi connectivity index (χ2v) is 5.73. The molecule has 0 aliphatic rings. The van der Waals surface area contributed by atoms with Crippen LogP contribution in [0.3, 0.4) is 0 Å². The van der Waals surface area contributed by atoms with E-state index in [9.17, 15) is 9.90 Å². The minimum Gasteiger partial charge on any atom is -0.393 e. The molecule has 0 aliphatic carbocycles. The number of pyridine rings is 1. The van der Waals surface area contributed by atoms with Gasteiger partial charge in [-0.05, 0) is 37.6 Å². The summed E-state index contributed by atoms with van der Waals surface area (Å²) >= 11 is 1.46. The molecule has 2 rings (SSSR count). The van der Waals surface area contributed by atoms with Crippen LogP contribution in [-0.2, 0) is 0 Å². The van der Waals surface area contributed by atoms with Crippen LogP contribution in [0.1, 0.15) is 23.7 Å². The van der Waals surface area contributed by atoms with Gasteiger partial charge in [-0.1, -0.05) is 30.0 Å². The molecule has 4 nitrogen and oxygen atoms in total. The molecule has 0 aliphatic heterocycles. The summed E-state index contributed by atoms with van der Waals surface area (Å²) in [5.41, 5.74) is 0.553. The Kier molecular flexibility index (Phi) is 5.78. The van der Waals surface area contributed by atoms with E-state index >= 15 is 0 Å². The van der Waals surface area contributed by atoms with Gasteiger partial charge in [-0.15, -0.1) is 0 Å². The van der Waals surface area contributed by atoms with Crippen LogP contribution in [0.4, 0.5) is 0 Å². The number of aliphatic hydroxyl groups excluding tert-OH is 1. The number of carbonyl (C=O) groups is 1. The number of nitrogens with one attached hydrogen (secondary N) is 1. The summed E-state index contributed by atoms with van der Waals surface area (Å²) < 4.78 is 0. The highest BCUT2D eigenvalue weighted by Gasteiger charge is 2.13. The van der Waals surface area contributed by atoms with E-state index in [0.29, 0.717) is 23.6 Å². The van der Waals surface area contributed by atoms with E-state index < -0.39 is 6.10 Å². The molecule has 0 saturated carbocycles. The average molecular weight is 302 g/mol. The molecule has 1 heterocycles. The zero-order valence-corrected chi connectivity index (χ0v) is 12.6. The van der Waals surface area contributed by atoms with Crippen LogP contribution in [0.25, 0.3) is 0 Å². The van der Waals surface area contributed by atoms with Crippen LogP contribution >= 0.6 is 11.8 Å². The summed E-state index contributed by atoms with van der Waals surface area (Å²) in [6.07, 6.45) is 1.79. The normalized spacial score (nSPS) is 11.9. The Morgan fingerprint density at radius 3 is 2.76 bits per heavy atom. The van der Waals surface area contributed by atoms with Gasteiger partial charge in [-0.25, -0.2) is 4.98 Å². The Bertz CT molecular complexity index is 588. The predicted molar refractivity (Wildman–Crippen MR) is 83.4 cm³/mol. The number of carbonyl (C=O) groups excluding carboxylic acids is 1. The molecule has 1 amide bonds. The second-order valence-electron chi connectivity index (χ2n) is 4.66. The minimum absolute atomic E-state index is 0.165. The molecule has 5 heteroatoms. The third-order valence-corrected chi connectivity index (χ3v) is 3.85. The second kappa shape index (κ2) is 7.81. The molecular formula is C16H18N2O2S. The van der Waals surface area contributed by atoms with E-state index in [4.69, 9.17) is 0 Å². The van der Waals surface area contributed by atoms with Crippen molar-refractivity contribution in [3.63, 3.8) is 0 Å². The van der Waals surface area contributed by atoms with Crippen molar-refractivity contribution in [3.05, 3.63) is 54.2 Å². The fourth-order valence-corrected chi connectivity index (χ4v) is 2.64. The largest absolute Gasteiger partial charge is 0.393 e. The van der Waals surface area contributed by atoms with E-state index in [2.05, 4.69) is 10.3 Å². The number of hydrogen-bond donors (Lipinski definition) is 2. The molecule has 2 aromatic rings. The maximum Gasteiger partial charge on any atom is 0.254 e. The lowest BCUT2D eigenvalue weighted by Gasteiger charge is -2.09. The molecule has 2 N–H and O–H groups in total. The monoisotopic (exact) mass is 302 g/mol. The average Bonchev–Trinajstić information content (AvgIpc) is 2.48. The fraction of sp³-hybridized carbons (Fsp3) is 0.250. The van der Waals surface area contributed by atoms with Crippen LogP contribution in [0.15, 0.2) is 58.6 Å². The molecule has 1 unspecified atom stereocenters. The molecule has 0 fully saturated rings. The number of hydrogen-bond acceptors (Lipinski definition) is 4. The summed E-state index contributed by atoms with van der Waals surface area (Å²) in [6, 6.07) is 13.3. The number of nitrogens with zero attached hydrogens (tertiary/aromatic N) is 1. The lowest BCUT2D eigenvalue weighted by molar-refractivity contribution is 0.0942. The van der Waals surface area contributed by atoms with E-state index in [1.54, 1.807) is 25.3 Å². The summed E-state index contributed by atoms with van der Waals surface area (Å²) in [5.74, 6) is -0.165. The third kappa shape index (κ3) is 4.88. The molecule has 0 spiro atoms. The SMILES string of the molecule is CC(O)CCNC(=O)c1cccnc1Sc1ccccc1. The maximum absolute atomic E-state index is 12.2. The van der Waals surface area contributed by atoms with Gasteiger partial charge in [0.2, 0.25) is 0 Å². The van der Waals surface area contributed by atoms with Crippen molar-refractivity contribution in [2.24, 2.45) is 0 Å². The van der Waals surface area contributed by atoms with E-state index in [1.165, 1.54) is 11.8 Å². The molecule has 0 radical (unpaired) electrons. The van der Waals surface area contributed by atoms with Gasteiger partial charge in [-0.2, -0.15) is 0 Å². The minimum atomic E-state index is -0.419. The maximum atomic E-state index is 12.2. The highest BCUT2D eigenvalue weighted by molar-refractivity contribution is 7.99. The van der Waals surface area contributed by atoms with Gasteiger partial charge in [0.25, 0.3) is 5.91 Å².